The molecule has 1 fully saturated rings. The molecule has 4 aromatic rings. The first kappa shape index (κ1) is 17.6. The number of morpholine rings is 1. The van der Waals surface area contributed by atoms with Gasteiger partial charge in [-0.1, -0.05) is 0 Å². The van der Waals surface area contributed by atoms with Gasteiger partial charge in [0.25, 0.3) is 0 Å². The van der Waals surface area contributed by atoms with Crippen molar-refractivity contribution in [3.63, 3.8) is 0 Å². The summed E-state index contributed by atoms with van der Waals surface area (Å²) in [5, 5.41) is 0. The number of aromatic nitrogens is 5. The smallest absolute Gasteiger partial charge is 0.226 e. The van der Waals surface area contributed by atoms with Gasteiger partial charge in [-0.25, -0.2) is 9.97 Å². The lowest BCUT2D eigenvalue weighted by atomic mass is 10.1. The average Bonchev–Trinajstić information content (AvgIpc) is 3.24. The number of anilines is 1. The van der Waals surface area contributed by atoms with Gasteiger partial charge in [0.1, 0.15) is 17.0 Å². The third-order valence-corrected chi connectivity index (χ3v) is 5.02. The highest BCUT2D eigenvalue weighted by Crippen LogP contribution is 2.34. The number of rotatable bonds is 4. The van der Waals surface area contributed by atoms with Gasteiger partial charge in [-0.2, -0.15) is 0 Å². The Morgan fingerprint density at radius 1 is 1.03 bits per heavy atom. The lowest BCUT2D eigenvalue weighted by molar-refractivity contribution is 0.122. The van der Waals surface area contributed by atoms with Crippen LogP contribution in [-0.2, 0) is 4.74 Å². The third kappa shape index (κ3) is 3.27. The molecule has 5 heterocycles. The molecule has 0 radical (unpaired) electrons. The maximum atomic E-state index is 5.49. The Labute approximate surface area is 167 Å². The van der Waals surface area contributed by atoms with E-state index in [0.717, 1.165) is 46.5 Å². The molecule has 1 saturated heterocycles. The van der Waals surface area contributed by atoms with Crippen molar-refractivity contribution < 1.29 is 9.47 Å². The standard InChI is InChI=1S/C21H20N6O2/c1-28-16-10-15(11-23-12-16)17-13-24-20-18(14-2-4-22-5-3-14)25-21(26-19(17)20)27-6-8-29-9-7-27/h2-5,10-13,24H,6-9H2,1H3. The maximum Gasteiger partial charge on any atom is 0.226 e. The highest BCUT2D eigenvalue weighted by molar-refractivity contribution is 5.99. The van der Waals surface area contributed by atoms with Gasteiger partial charge in [0.2, 0.25) is 5.95 Å². The van der Waals surface area contributed by atoms with Crippen LogP contribution in [0.5, 0.6) is 5.75 Å². The van der Waals surface area contributed by atoms with E-state index < -0.39 is 0 Å². The van der Waals surface area contributed by atoms with E-state index in [9.17, 15) is 0 Å². The molecular weight excluding hydrogens is 368 g/mol. The van der Waals surface area contributed by atoms with Crippen molar-refractivity contribution in [2.24, 2.45) is 0 Å². The fourth-order valence-corrected chi connectivity index (χ4v) is 3.51. The van der Waals surface area contributed by atoms with E-state index in [4.69, 9.17) is 19.4 Å². The van der Waals surface area contributed by atoms with Crippen molar-refractivity contribution in [2.45, 2.75) is 0 Å². The van der Waals surface area contributed by atoms with E-state index in [1.54, 1.807) is 25.7 Å². The van der Waals surface area contributed by atoms with Crippen molar-refractivity contribution in [3.05, 3.63) is 49.2 Å². The number of nitrogens with one attached hydrogen (secondary N) is 1. The predicted molar refractivity (Wildman–Crippen MR) is 110 cm³/mol. The Kier molecular flexibility index (Phi) is 4.53. The Balaban J connectivity index is 1.72. The van der Waals surface area contributed by atoms with E-state index in [-0.39, 0.29) is 0 Å². The van der Waals surface area contributed by atoms with Gasteiger partial charge in [0.05, 0.1) is 32.0 Å². The van der Waals surface area contributed by atoms with E-state index in [1.807, 2.05) is 30.6 Å². The molecule has 0 saturated carbocycles. The van der Waals surface area contributed by atoms with E-state index >= 15 is 0 Å². The second-order valence-corrected chi connectivity index (χ2v) is 6.75. The zero-order valence-electron chi connectivity index (χ0n) is 16.0. The Morgan fingerprint density at radius 2 is 1.86 bits per heavy atom. The van der Waals surface area contributed by atoms with Crippen LogP contribution in [0.4, 0.5) is 5.95 Å². The van der Waals surface area contributed by atoms with Gasteiger partial charge in [0, 0.05) is 54.6 Å². The number of H-pyrrole nitrogens is 1. The minimum absolute atomic E-state index is 0.672. The second kappa shape index (κ2) is 7.48. The van der Waals surface area contributed by atoms with Crippen molar-refractivity contribution in [2.75, 3.05) is 38.3 Å². The molecule has 0 atom stereocenters. The van der Waals surface area contributed by atoms with E-state index in [1.165, 1.54) is 0 Å². The predicted octanol–water partition coefficient (Wildman–Crippen LogP) is 2.93. The first-order valence-corrected chi connectivity index (χ1v) is 9.45. The summed E-state index contributed by atoms with van der Waals surface area (Å²) in [6, 6.07) is 5.87. The van der Waals surface area contributed by atoms with Gasteiger partial charge in [0.15, 0.2) is 0 Å². The molecule has 146 valence electrons. The molecular formula is C21H20N6O2. The van der Waals surface area contributed by atoms with Gasteiger partial charge >= 0.3 is 0 Å². The molecule has 0 aliphatic carbocycles. The molecule has 1 aliphatic heterocycles. The highest BCUT2D eigenvalue weighted by Gasteiger charge is 2.20. The lowest BCUT2D eigenvalue weighted by Gasteiger charge is -2.27. The summed E-state index contributed by atoms with van der Waals surface area (Å²) in [5.41, 5.74) is 5.45. The van der Waals surface area contributed by atoms with Crippen LogP contribution < -0.4 is 9.64 Å². The van der Waals surface area contributed by atoms with Crippen LogP contribution in [0.2, 0.25) is 0 Å². The number of methoxy groups -OCH3 is 1. The van der Waals surface area contributed by atoms with Crippen LogP contribution in [-0.4, -0.2) is 58.3 Å². The van der Waals surface area contributed by atoms with Crippen molar-refractivity contribution in [1.29, 1.82) is 0 Å². The normalized spacial score (nSPS) is 14.3. The molecule has 0 unspecified atom stereocenters. The van der Waals surface area contributed by atoms with Gasteiger partial charge < -0.3 is 19.4 Å². The summed E-state index contributed by atoms with van der Waals surface area (Å²) < 4.78 is 10.8. The molecule has 0 amide bonds. The van der Waals surface area contributed by atoms with Crippen LogP contribution >= 0.6 is 0 Å². The SMILES string of the molecule is COc1cncc(-c2c[nH]c3c(-c4ccncc4)nc(N4CCOCC4)nc23)c1. The van der Waals surface area contributed by atoms with Gasteiger partial charge in [-0.3, -0.25) is 9.97 Å². The van der Waals surface area contributed by atoms with Crippen LogP contribution in [0, 0.1) is 0 Å². The molecule has 0 bridgehead atoms. The number of hydrogen-bond acceptors (Lipinski definition) is 7. The number of fused-ring (bicyclic) bond motifs is 1. The van der Waals surface area contributed by atoms with E-state index in [0.29, 0.717) is 24.9 Å². The number of ether oxygens (including phenoxy) is 2. The number of aromatic amines is 1. The Hall–Kier alpha value is -3.52. The van der Waals surface area contributed by atoms with Crippen LogP contribution in [0.1, 0.15) is 0 Å². The Bertz CT molecular complexity index is 1140. The van der Waals surface area contributed by atoms with E-state index in [2.05, 4.69) is 19.9 Å². The molecule has 0 aromatic carbocycles. The zero-order chi connectivity index (χ0) is 19.6. The summed E-state index contributed by atoms with van der Waals surface area (Å²) in [6.07, 6.45) is 8.99. The second-order valence-electron chi connectivity index (χ2n) is 6.75. The number of nitrogens with zero attached hydrogens (tertiary/aromatic N) is 5. The summed E-state index contributed by atoms with van der Waals surface area (Å²) >= 11 is 0. The third-order valence-electron chi connectivity index (χ3n) is 5.02. The number of hydrogen-bond donors (Lipinski definition) is 1. The van der Waals surface area contributed by atoms with Crippen LogP contribution in [0.3, 0.4) is 0 Å². The first-order valence-electron chi connectivity index (χ1n) is 9.45. The number of pyridine rings is 2. The minimum atomic E-state index is 0.672. The molecule has 8 heteroatoms. The first-order chi connectivity index (χ1) is 14.3. The van der Waals surface area contributed by atoms with Crippen LogP contribution in [0.25, 0.3) is 33.4 Å². The van der Waals surface area contributed by atoms with Crippen molar-refractivity contribution >= 4 is 17.0 Å². The molecule has 4 aromatic heterocycles. The topological polar surface area (TPSA) is 89.0 Å². The van der Waals surface area contributed by atoms with Gasteiger partial charge in [-0.15, -0.1) is 0 Å². The maximum absolute atomic E-state index is 5.49. The summed E-state index contributed by atoms with van der Waals surface area (Å²) in [6.45, 7) is 2.88. The summed E-state index contributed by atoms with van der Waals surface area (Å²) in [7, 11) is 1.64. The molecule has 0 spiro atoms. The monoisotopic (exact) mass is 388 g/mol. The zero-order valence-corrected chi connectivity index (χ0v) is 16.0. The largest absolute Gasteiger partial charge is 0.495 e. The van der Waals surface area contributed by atoms with Crippen LogP contribution in [0.15, 0.2) is 49.2 Å². The van der Waals surface area contributed by atoms with Crippen molar-refractivity contribution in [3.8, 4) is 28.1 Å². The highest BCUT2D eigenvalue weighted by atomic mass is 16.5. The molecule has 1 N–H and O–H groups in total. The fraction of sp³-hybridized carbons (Fsp3) is 0.238. The molecule has 1 aliphatic rings. The molecule has 29 heavy (non-hydrogen) atoms. The molecule has 8 nitrogen and oxygen atoms in total. The summed E-state index contributed by atoms with van der Waals surface area (Å²) in [4.78, 5) is 23.8. The lowest BCUT2D eigenvalue weighted by Crippen LogP contribution is -2.37. The van der Waals surface area contributed by atoms with Crippen molar-refractivity contribution in [1.82, 2.24) is 24.9 Å². The molecule has 5 rings (SSSR count). The quantitative estimate of drug-likeness (QED) is 0.575. The fourth-order valence-electron chi connectivity index (χ4n) is 3.51. The minimum Gasteiger partial charge on any atom is -0.495 e. The average molecular weight is 388 g/mol. The Morgan fingerprint density at radius 3 is 2.66 bits per heavy atom. The van der Waals surface area contributed by atoms with Gasteiger partial charge in [-0.05, 0) is 18.2 Å². The summed E-state index contributed by atoms with van der Waals surface area (Å²) in [5.74, 6) is 1.40.